The number of hydrogen-bond donors (Lipinski definition) is 1. The smallest absolute Gasteiger partial charge is 0.163 e. The molecule has 0 amide bonds. The summed E-state index contributed by atoms with van der Waals surface area (Å²) in [4.78, 5) is 23.3. The number of allylic oxidation sites excluding steroid dienone is 5. The number of aryl methyl sites for hydroxylation is 1. The average molecular weight is 342 g/mol. The number of carbonyl (C=O) groups is 2. The van der Waals surface area contributed by atoms with Crippen molar-refractivity contribution in [3.63, 3.8) is 0 Å². The van der Waals surface area contributed by atoms with Gasteiger partial charge in [0.25, 0.3) is 0 Å². The van der Waals surface area contributed by atoms with Gasteiger partial charge < -0.3 is 9.84 Å². The maximum Gasteiger partial charge on any atom is 0.163 e. The minimum atomic E-state index is -0.957. The van der Waals surface area contributed by atoms with Crippen LogP contribution in [0.5, 0.6) is 5.75 Å². The summed E-state index contributed by atoms with van der Waals surface area (Å²) in [6.07, 6.45) is 10.1. The standard InChI is InChI=1S/C21H26O4/c1-4-6-7-8-11-18(14-22)21(16(3)23)25-15-19-17(10-5-2)12-9-13-20(19)24/h4,6-9,11-14,21,24H,5,10,15H2,1-3H3/b6-4+,8-7+,18-11+. The molecule has 134 valence electrons. The second kappa shape index (κ2) is 11.2. The lowest BCUT2D eigenvalue weighted by Gasteiger charge is -2.17. The normalized spacial score (nSPS) is 13.5. The third-order valence-electron chi connectivity index (χ3n) is 3.67. The van der Waals surface area contributed by atoms with Gasteiger partial charge in [0.15, 0.2) is 5.78 Å². The Labute approximate surface area is 149 Å². The number of phenolic OH excluding ortho intramolecular Hbond substituents is 1. The number of Topliss-reactive ketones (excluding diaryl/α,β-unsaturated/α-hetero) is 1. The maximum absolute atomic E-state index is 11.9. The van der Waals surface area contributed by atoms with E-state index >= 15 is 0 Å². The molecule has 0 fully saturated rings. The highest BCUT2D eigenvalue weighted by Crippen LogP contribution is 2.24. The molecule has 1 N–H and O–H groups in total. The Morgan fingerprint density at radius 3 is 2.64 bits per heavy atom. The molecule has 0 aromatic heterocycles. The van der Waals surface area contributed by atoms with Crippen molar-refractivity contribution in [2.24, 2.45) is 0 Å². The van der Waals surface area contributed by atoms with Crippen molar-refractivity contribution in [2.45, 2.75) is 46.3 Å². The zero-order valence-corrected chi connectivity index (χ0v) is 15.1. The van der Waals surface area contributed by atoms with Gasteiger partial charge in [-0.05, 0) is 31.9 Å². The Balaban J connectivity index is 3.00. The summed E-state index contributed by atoms with van der Waals surface area (Å²) >= 11 is 0. The molecule has 0 aliphatic heterocycles. The summed E-state index contributed by atoms with van der Waals surface area (Å²) in [7, 11) is 0. The van der Waals surface area contributed by atoms with Gasteiger partial charge in [-0.25, -0.2) is 0 Å². The molecule has 0 aliphatic carbocycles. The van der Waals surface area contributed by atoms with Gasteiger partial charge in [0.2, 0.25) is 0 Å². The Kier molecular flexibility index (Phi) is 9.19. The van der Waals surface area contributed by atoms with Crippen LogP contribution in [-0.2, 0) is 27.4 Å². The van der Waals surface area contributed by atoms with Crippen LogP contribution in [0.25, 0.3) is 0 Å². The fourth-order valence-electron chi connectivity index (χ4n) is 2.44. The van der Waals surface area contributed by atoms with Gasteiger partial charge in [-0.1, -0.05) is 55.9 Å². The fraction of sp³-hybridized carbons (Fsp3) is 0.333. The van der Waals surface area contributed by atoms with Crippen LogP contribution in [0.2, 0.25) is 0 Å². The quantitative estimate of drug-likeness (QED) is 0.395. The Morgan fingerprint density at radius 1 is 1.28 bits per heavy atom. The SMILES string of the molecule is C/C=C/C=C/C=C(\C=O)C(OCc1c(O)cccc1CCC)C(C)=O. The molecule has 0 spiro atoms. The van der Waals surface area contributed by atoms with E-state index in [0.717, 1.165) is 18.4 Å². The van der Waals surface area contributed by atoms with Gasteiger partial charge in [0, 0.05) is 11.1 Å². The lowest BCUT2D eigenvalue weighted by atomic mass is 10.0. The van der Waals surface area contributed by atoms with Crippen LogP contribution >= 0.6 is 0 Å². The third kappa shape index (κ3) is 6.51. The van der Waals surface area contributed by atoms with E-state index in [4.69, 9.17) is 4.74 Å². The number of ether oxygens (including phenoxy) is 1. The highest BCUT2D eigenvalue weighted by molar-refractivity contribution is 5.92. The number of aldehydes is 1. The maximum atomic E-state index is 11.9. The molecule has 1 aromatic rings. The second-order valence-corrected chi connectivity index (χ2v) is 5.66. The first-order valence-electron chi connectivity index (χ1n) is 8.41. The molecule has 0 saturated carbocycles. The van der Waals surface area contributed by atoms with E-state index in [1.54, 1.807) is 30.4 Å². The molecule has 1 unspecified atom stereocenters. The number of carbonyl (C=O) groups excluding carboxylic acids is 2. The lowest BCUT2D eigenvalue weighted by Crippen LogP contribution is -2.25. The third-order valence-corrected chi connectivity index (χ3v) is 3.67. The first-order chi connectivity index (χ1) is 12.0. The summed E-state index contributed by atoms with van der Waals surface area (Å²) in [6.45, 7) is 5.39. The average Bonchev–Trinajstić information content (AvgIpc) is 2.58. The number of aromatic hydroxyl groups is 1. The Bertz CT molecular complexity index is 668. The molecule has 1 rings (SSSR count). The first-order valence-corrected chi connectivity index (χ1v) is 8.41. The summed E-state index contributed by atoms with van der Waals surface area (Å²) < 4.78 is 5.71. The molecular formula is C21H26O4. The minimum Gasteiger partial charge on any atom is -0.508 e. The molecule has 0 bridgehead atoms. The summed E-state index contributed by atoms with van der Waals surface area (Å²) in [6, 6.07) is 5.31. The van der Waals surface area contributed by atoms with E-state index in [0.29, 0.717) is 11.8 Å². The number of rotatable bonds is 10. The predicted octanol–water partition coefficient (Wildman–Crippen LogP) is 4.08. The van der Waals surface area contributed by atoms with Crippen molar-refractivity contribution in [1.82, 2.24) is 0 Å². The zero-order valence-electron chi connectivity index (χ0n) is 15.1. The van der Waals surface area contributed by atoms with Crippen LogP contribution in [-0.4, -0.2) is 23.3 Å². The fourth-order valence-corrected chi connectivity index (χ4v) is 2.44. The summed E-state index contributed by atoms with van der Waals surface area (Å²) in [5.41, 5.74) is 1.89. The number of phenols is 1. The van der Waals surface area contributed by atoms with Crippen LogP contribution in [0, 0.1) is 0 Å². The van der Waals surface area contributed by atoms with Crippen molar-refractivity contribution in [3.05, 3.63) is 65.3 Å². The van der Waals surface area contributed by atoms with Crippen LogP contribution in [0.15, 0.2) is 54.2 Å². The van der Waals surface area contributed by atoms with Crippen LogP contribution in [0.1, 0.15) is 38.3 Å². The van der Waals surface area contributed by atoms with Crippen LogP contribution in [0.4, 0.5) is 0 Å². The van der Waals surface area contributed by atoms with Crippen molar-refractivity contribution in [3.8, 4) is 5.75 Å². The molecule has 1 aromatic carbocycles. The highest BCUT2D eigenvalue weighted by Gasteiger charge is 2.21. The van der Waals surface area contributed by atoms with Gasteiger partial charge in [-0.2, -0.15) is 0 Å². The first kappa shape index (κ1) is 20.6. The molecule has 0 saturated heterocycles. The van der Waals surface area contributed by atoms with Crippen molar-refractivity contribution in [1.29, 1.82) is 0 Å². The topological polar surface area (TPSA) is 63.6 Å². The van der Waals surface area contributed by atoms with E-state index in [1.807, 2.05) is 25.1 Å². The van der Waals surface area contributed by atoms with Crippen LogP contribution < -0.4 is 0 Å². The summed E-state index contributed by atoms with van der Waals surface area (Å²) in [5, 5.41) is 10.1. The lowest BCUT2D eigenvalue weighted by molar-refractivity contribution is -0.128. The highest BCUT2D eigenvalue weighted by atomic mass is 16.5. The van der Waals surface area contributed by atoms with E-state index in [2.05, 4.69) is 6.92 Å². The van der Waals surface area contributed by atoms with Gasteiger partial charge in [-0.15, -0.1) is 0 Å². The van der Waals surface area contributed by atoms with Crippen molar-refractivity contribution < 1.29 is 19.4 Å². The molecule has 0 heterocycles. The second-order valence-electron chi connectivity index (χ2n) is 5.66. The van der Waals surface area contributed by atoms with Crippen molar-refractivity contribution in [2.75, 3.05) is 0 Å². The Morgan fingerprint density at radius 2 is 2.04 bits per heavy atom. The number of hydrogen-bond acceptors (Lipinski definition) is 4. The number of benzene rings is 1. The van der Waals surface area contributed by atoms with E-state index in [-0.39, 0.29) is 23.7 Å². The van der Waals surface area contributed by atoms with E-state index < -0.39 is 6.10 Å². The van der Waals surface area contributed by atoms with E-state index in [1.165, 1.54) is 6.92 Å². The van der Waals surface area contributed by atoms with E-state index in [9.17, 15) is 14.7 Å². The predicted molar refractivity (Wildman–Crippen MR) is 99.5 cm³/mol. The molecule has 4 heteroatoms. The minimum absolute atomic E-state index is 0.0655. The Hall–Kier alpha value is -2.46. The largest absolute Gasteiger partial charge is 0.508 e. The number of ketones is 1. The molecule has 1 atom stereocenters. The molecule has 0 radical (unpaired) electrons. The zero-order chi connectivity index (χ0) is 18.7. The molecular weight excluding hydrogens is 316 g/mol. The summed E-state index contributed by atoms with van der Waals surface area (Å²) in [5.74, 6) is -0.122. The van der Waals surface area contributed by atoms with Crippen molar-refractivity contribution >= 4 is 12.1 Å². The monoisotopic (exact) mass is 342 g/mol. The van der Waals surface area contributed by atoms with Gasteiger partial charge in [0.05, 0.1) is 6.61 Å². The molecule has 25 heavy (non-hydrogen) atoms. The van der Waals surface area contributed by atoms with Gasteiger partial charge in [-0.3, -0.25) is 9.59 Å². The van der Waals surface area contributed by atoms with Gasteiger partial charge in [0.1, 0.15) is 18.1 Å². The molecule has 4 nitrogen and oxygen atoms in total. The molecule has 0 aliphatic rings. The van der Waals surface area contributed by atoms with Gasteiger partial charge >= 0.3 is 0 Å². The van der Waals surface area contributed by atoms with Crippen LogP contribution in [0.3, 0.4) is 0 Å².